The Hall–Kier alpha value is -2.76. The zero-order valence-corrected chi connectivity index (χ0v) is 12.1. The van der Waals surface area contributed by atoms with Crippen molar-refractivity contribution in [2.24, 2.45) is 0 Å². The Morgan fingerprint density at radius 3 is 3.00 bits per heavy atom. The van der Waals surface area contributed by atoms with Gasteiger partial charge in [0.05, 0.1) is 11.9 Å². The van der Waals surface area contributed by atoms with Gasteiger partial charge in [0.1, 0.15) is 5.65 Å². The second-order valence-electron chi connectivity index (χ2n) is 5.27. The number of aryl methyl sites for hydroxylation is 1. The molecule has 0 fully saturated rings. The standard InChI is InChI=1S/C16H15N3O3/c1-2-3-11-8-17-19-15(20)7-12(18-16(11)19)10-4-5-13-14(6-10)22-9-21-13/h4-8,18H,2-3,9H2,1H3. The molecule has 0 saturated heterocycles. The molecule has 6 heteroatoms. The Balaban J connectivity index is 1.88. The first kappa shape index (κ1) is 12.9. The van der Waals surface area contributed by atoms with E-state index in [2.05, 4.69) is 17.0 Å². The fourth-order valence-corrected chi connectivity index (χ4v) is 2.70. The summed E-state index contributed by atoms with van der Waals surface area (Å²) in [5.74, 6) is 1.42. The van der Waals surface area contributed by atoms with E-state index in [9.17, 15) is 4.79 Å². The fourth-order valence-electron chi connectivity index (χ4n) is 2.70. The first-order valence-electron chi connectivity index (χ1n) is 7.26. The van der Waals surface area contributed by atoms with Crippen LogP contribution in [0.1, 0.15) is 18.9 Å². The van der Waals surface area contributed by atoms with E-state index in [1.54, 1.807) is 12.3 Å². The van der Waals surface area contributed by atoms with Crippen LogP contribution in [0.3, 0.4) is 0 Å². The molecule has 0 radical (unpaired) electrons. The highest BCUT2D eigenvalue weighted by Crippen LogP contribution is 2.35. The Morgan fingerprint density at radius 1 is 1.27 bits per heavy atom. The zero-order chi connectivity index (χ0) is 15.1. The van der Waals surface area contributed by atoms with Crippen molar-refractivity contribution in [2.45, 2.75) is 19.8 Å². The number of nitrogens with zero attached hydrogens (tertiary/aromatic N) is 2. The second-order valence-corrected chi connectivity index (χ2v) is 5.27. The van der Waals surface area contributed by atoms with Gasteiger partial charge in [0.15, 0.2) is 11.5 Å². The van der Waals surface area contributed by atoms with Crippen molar-refractivity contribution in [2.75, 3.05) is 6.79 Å². The van der Waals surface area contributed by atoms with Crippen LogP contribution in [0.2, 0.25) is 0 Å². The van der Waals surface area contributed by atoms with Crippen LogP contribution in [0, 0.1) is 0 Å². The van der Waals surface area contributed by atoms with E-state index in [0.29, 0.717) is 5.75 Å². The van der Waals surface area contributed by atoms with Gasteiger partial charge in [-0.05, 0) is 24.6 Å². The zero-order valence-electron chi connectivity index (χ0n) is 12.1. The van der Waals surface area contributed by atoms with Gasteiger partial charge in [-0.1, -0.05) is 13.3 Å². The number of hydrogen-bond donors (Lipinski definition) is 1. The Morgan fingerprint density at radius 2 is 2.14 bits per heavy atom. The molecular weight excluding hydrogens is 282 g/mol. The van der Waals surface area contributed by atoms with Crippen molar-refractivity contribution < 1.29 is 9.47 Å². The van der Waals surface area contributed by atoms with Gasteiger partial charge in [-0.3, -0.25) is 4.79 Å². The Bertz CT molecular complexity index is 911. The highest BCUT2D eigenvalue weighted by molar-refractivity contribution is 5.66. The number of hydrogen-bond acceptors (Lipinski definition) is 4. The lowest BCUT2D eigenvalue weighted by Gasteiger charge is -2.05. The van der Waals surface area contributed by atoms with Gasteiger partial charge in [-0.2, -0.15) is 9.61 Å². The van der Waals surface area contributed by atoms with E-state index in [1.165, 1.54) is 4.52 Å². The van der Waals surface area contributed by atoms with Gasteiger partial charge in [-0.25, -0.2) is 0 Å². The first-order valence-corrected chi connectivity index (χ1v) is 7.26. The molecule has 0 saturated carbocycles. The maximum absolute atomic E-state index is 12.2. The molecular formula is C16H15N3O3. The summed E-state index contributed by atoms with van der Waals surface area (Å²) in [7, 11) is 0. The number of benzene rings is 1. The van der Waals surface area contributed by atoms with Gasteiger partial charge >= 0.3 is 0 Å². The van der Waals surface area contributed by atoms with Crippen molar-refractivity contribution in [1.82, 2.24) is 14.6 Å². The molecule has 22 heavy (non-hydrogen) atoms. The predicted molar refractivity (Wildman–Crippen MR) is 81.4 cm³/mol. The lowest BCUT2D eigenvalue weighted by atomic mass is 10.1. The van der Waals surface area contributed by atoms with Crippen LogP contribution in [0.25, 0.3) is 16.9 Å². The predicted octanol–water partition coefficient (Wildman–Crippen LogP) is 2.37. The van der Waals surface area contributed by atoms with E-state index < -0.39 is 0 Å². The maximum atomic E-state index is 12.2. The SMILES string of the molecule is CCCc1cnn2c(=O)cc(-c3ccc4c(c3)OCO4)[nH]c12. The highest BCUT2D eigenvalue weighted by atomic mass is 16.7. The van der Waals surface area contributed by atoms with Gasteiger partial charge in [-0.15, -0.1) is 0 Å². The summed E-state index contributed by atoms with van der Waals surface area (Å²) in [6.07, 6.45) is 3.63. The third-order valence-electron chi connectivity index (χ3n) is 3.78. The molecule has 3 heterocycles. The van der Waals surface area contributed by atoms with Crippen molar-refractivity contribution >= 4 is 5.65 Å². The summed E-state index contributed by atoms with van der Waals surface area (Å²) in [5, 5.41) is 4.16. The maximum Gasteiger partial charge on any atom is 0.274 e. The number of fused-ring (bicyclic) bond motifs is 2. The van der Waals surface area contributed by atoms with E-state index in [0.717, 1.165) is 41.1 Å². The topological polar surface area (TPSA) is 68.6 Å². The first-order chi connectivity index (χ1) is 10.8. The van der Waals surface area contributed by atoms with Crippen LogP contribution in [0.5, 0.6) is 11.5 Å². The number of nitrogens with one attached hydrogen (secondary N) is 1. The molecule has 0 bridgehead atoms. The largest absolute Gasteiger partial charge is 0.454 e. The van der Waals surface area contributed by atoms with Crippen molar-refractivity contribution in [3.8, 4) is 22.8 Å². The third kappa shape index (κ3) is 1.95. The fraction of sp³-hybridized carbons (Fsp3) is 0.250. The van der Waals surface area contributed by atoms with Crippen LogP contribution >= 0.6 is 0 Å². The van der Waals surface area contributed by atoms with Gasteiger partial charge < -0.3 is 14.5 Å². The summed E-state index contributed by atoms with van der Waals surface area (Å²) >= 11 is 0. The lowest BCUT2D eigenvalue weighted by Crippen LogP contribution is -2.14. The summed E-state index contributed by atoms with van der Waals surface area (Å²) in [6.45, 7) is 2.33. The molecule has 0 spiro atoms. The molecule has 1 aliphatic rings. The van der Waals surface area contributed by atoms with E-state index >= 15 is 0 Å². The van der Waals surface area contributed by atoms with Crippen LogP contribution in [0.4, 0.5) is 0 Å². The lowest BCUT2D eigenvalue weighted by molar-refractivity contribution is 0.174. The number of aromatic amines is 1. The molecule has 112 valence electrons. The molecule has 0 aliphatic carbocycles. The van der Waals surface area contributed by atoms with Crippen LogP contribution in [-0.4, -0.2) is 21.4 Å². The summed E-state index contributed by atoms with van der Waals surface area (Å²) < 4.78 is 12.1. The molecule has 1 aliphatic heterocycles. The normalized spacial score (nSPS) is 13.0. The average Bonchev–Trinajstić information content (AvgIpc) is 3.14. The summed E-state index contributed by atoms with van der Waals surface area (Å²) in [5.41, 5.74) is 3.27. The Labute approximate surface area is 126 Å². The van der Waals surface area contributed by atoms with Crippen molar-refractivity contribution in [3.05, 3.63) is 46.4 Å². The monoisotopic (exact) mass is 297 g/mol. The van der Waals surface area contributed by atoms with Crippen molar-refractivity contribution in [3.63, 3.8) is 0 Å². The Kier molecular flexibility index (Phi) is 2.89. The third-order valence-corrected chi connectivity index (χ3v) is 3.78. The molecule has 6 nitrogen and oxygen atoms in total. The molecule has 0 atom stereocenters. The molecule has 4 rings (SSSR count). The molecule has 3 aromatic rings. The van der Waals surface area contributed by atoms with Crippen LogP contribution < -0.4 is 15.0 Å². The number of rotatable bonds is 3. The molecule has 0 amide bonds. The molecule has 2 aromatic heterocycles. The number of H-pyrrole nitrogens is 1. The van der Waals surface area contributed by atoms with Gasteiger partial charge in [0, 0.05) is 17.2 Å². The van der Waals surface area contributed by atoms with E-state index in [4.69, 9.17) is 9.47 Å². The van der Waals surface area contributed by atoms with Gasteiger partial charge in [0.2, 0.25) is 6.79 Å². The molecule has 1 N–H and O–H groups in total. The minimum absolute atomic E-state index is 0.149. The number of ether oxygens (including phenoxy) is 2. The molecule has 1 aromatic carbocycles. The van der Waals surface area contributed by atoms with E-state index in [-0.39, 0.29) is 12.4 Å². The number of aromatic nitrogens is 3. The van der Waals surface area contributed by atoms with Crippen molar-refractivity contribution in [1.29, 1.82) is 0 Å². The quantitative estimate of drug-likeness (QED) is 0.806. The smallest absolute Gasteiger partial charge is 0.274 e. The summed E-state index contributed by atoms with van der Waals surface area (Å²) in [4.78, 5) is 15.6. The van der Waals surface area contributed by atoms with Crippen LogP contribution in [0.15, 0.2) is 35.3 Å². The van der Waals surface area contributed by atoms with Crippen LogP contribution in [-0.2, 0) is 6.42 Å². The second kappa shape index (κ2) is 4.91. The summed E-state index contributed by atoms with van der Waals surface area (Å²) in [6, 6.07) is 7.18. The highest BCUT2D eigenvalue weighted by Gasteiger charge is 2.15. The molecule has 0 unspecified atom stereocenters. The van der Waals surface area contributed by atoms with E-state index in [1.807, 2.05) is 18.2 Å². The van der Waals surface area contributed by atoms with Gasteiger partial charge in [0.25, 0.3) is 5.56 Å². The average molecular weight is 297 g/mol. The minimum Gasteiger partial charge on any atom is -0.454 e. The minimum atomic E-state index is -0.149.